The average molecular weight is 552 g/mol. The number of hydrogen-bond acceptors (Lipinski definition) is 5. The maximum atomic E-state index is 13.7. The van der Waals surface area contributed by atoms with E-state index in [4.69, 9.17) is 14.2 Å². The van der Waals surface area contributed by atoms with Crippen molar-refractivity contribution in [2.45, 2.75) is 57.8 Å². The van der Waals surface area contributed by atoms with Crippen LogP contribution < -0.4 is 4.74 Å². The number of esters is 1. The molecule has 4 aromatic carbocycles. The summed E-state index contributed by atoms with van der Waals surface area (Å²) in [7, 11) is 1.39. The monoisotopic (exact) mass is 551 g/mol. The molecule has 0 bridgehead atoms. The molecule has 41 heavy (non-hydrogen) atoms. The minimum Gasteiger partial charge on any atom is -0.488 e. The summed E-state index contributed by atoms with van der Waals surface area (Å²) < 4.78 is 17.4. The minimum absolute atomic E-state index is 0.0251. The Hall–Kier alpha value is -4.32. The van der Waals surface area contributed by atoms with Crippen molar-refractivity contribution in [3.05, 3.63) is 113 Å². The number of amides is 1. The van der Waals surface area contributed by atoms with E-state index in [9.17, 15) is 9.59 Å². The number of carbonyl (C=O) groups is 2. The van der Waals surface area contributed by atoms with Gasteiger partial charge in [-0.3, -0.25) is 4.90 Å². The number of rotatable bonds is 6. The van der Waals surface area contributed by atoms with Crippen LogP contribution in [0.1, 0.15) is 73.1 Å². The summed E-state index contributed by atoms with van der Waals surface area (Å²) in [6.45, 7) is 8.01. The Bertz CT molecular complexity index is 1550. The molecule has 0 radical (unpaired) electrons. The number of nitrogens with zero attached hydrogens (tertiary/aromatic N) is 1. The van der Waals surface area contributed by atoms with Gasteiger partial charge in [0.15, 0.2) is 0 Å². The molecule has 0 saturated heterocycles. The van der Waals surface area contributed by atoms with E-state index in [0.717, 1.165) is 33.2 Å². The summed E-state index contributed by atoms with van der Waals surface area (Å²) in [6, 6.07) is 29.6. The van der Waals surface area contributed by atoms with Crippen molar-refractivity contribution in [2.24, 2.45) is 0 Å². The van der Waals surface area contributed by atoms with Gasteiger partial charge in [0.05, 0.1) is 25.3 Å². The van der Waals surface area contributed by atoms with Crippen LogP contribution >= 0.6 is 0 Å². The molecular weight excluding hydrogens is 514 g/mol. The maximum Gasteiger partial charge on any atom is 0.410 e. The standard InChI is InChI=1S/C35H37NO5/c1-23(28-18-11-13-24-12-6-7-16-29(24)28)36(34(38)41-35(2,3)4)22-27-21-31(30-17-8-9-19-32(30)40-27)25-14-10-15-26(20-25)33(37)39-5/h6-20,23,27,31H,21-22H2,1-5H3/t23-,27-,31?/m1/s1. The second-order valence-electron chi connectivity index (χ2n) is 11.6. The summed E-state index contributed by atoms with van der Waals surface area (Å²) in [5.41, 5.74) is 2.96. The van der Waals surface area contributed by atoms with Gasteiger partial charge in [0, 0.05) is 11.5 Å². The zero-order valence-corrected chi connectivity index (χ0v) is 24.3. The van der Waals surface area contributed by atoms with Crippen LogP contribution in [0.2, 0.25) is 0 Å². The molecule has 0 aliphatic carbocycles. The Morgan fingerprint density at radius 3 is 2.44 bits per heavy atom. The van der Waals surface area contributed by atoms with E-state index in [-0.39, 0.29) is 30.1 Å². The molecule has 0 spiro atoms. The van der Waals surface area contributed by atoms with Gasteiger partial charge in [-0.15, -0.1) is 0 Å². The Balaban J connectivity index is 1.50. The highest BCUT2D eigenvalue weighted by atomic mass is 16.6. The molecule has 4 aromatic rings. The third-order valence-electron chi connectivity index (χ3n) is 7.57. The molecule has 0 fully saturated rings. The molecule has 1 unspecified atom stereocenters. The predicted octanol–water partition coefficient (Wildman–Crippen LogP) is 7.91. The van der Waals surface area contributed by atoms with E-state index in [1.165, 1.54) is 7.11 Å². The summed E-state index contributed by atoms with van der Waals surface area (Å²) >= 11 is 0. The second-order valence-corrected chi connectivity index (χ2v) is 11.6. The molecule has 5 rings (SSSR count). The van der Waals surface area contributed by atoms with Gasteiger partial charge in [-0.25, -0.2) is 9.59 Å². The lowest BCUT2D eigenvalue weighted by Gasteiger charge is -2.38. The predicted molar refractivity (Wildman–Crippen MR) is 160 cm³/mol. The van der Waals surface area contributed by atoms with Gasteiger partial charge < -0.3 is 14.2 Å². The van der Waals surface area contributed by atoms with Gasteiger partial charge in [0.2, 0.25) is 0 Å². The number of carbonyl (C=O) groups excluding carboxylic acids is 2. The second kappa shape index (κ2) is 11.7. The third kappa shape index (κ3) is 6.22. The molecule has 6 heteroatoms. The molecule has 1 aliphatic heterocycles. The van der Waals surface area contributed by atoms with Crippen LogP contribution in [0.15, 0.2) is 91.0 Å². The molecule has 0 saturated carbocycles. The highest BCUT2D eigenvalue weighted by Crippen LogP contribution is 2.41. The van der Waals surface area contributed by atoms with Crippen molar-refractivity contribution >= 4 is 22.8 Å². The smallest absolute Gasteiger partial charge is 0.410 e. The number of methoxy groups -OCH3 is 1. The first kappa shape index (κ1) is 28.2. The molecule has 3 atom stereocenters. The SMILES string of the molecule is COC(=O)c1cccc(C2C[C@H](CN(C(=O)OC(C)(C)C)[C@H](C)c3cccc4ccccc34)Oc3ccccc32)c1. The van der Waals surface area contributed by atoms with Crippen molar-refractivity contribution < 1.29 is 23.8 Å². The van der Waals surface area contributed by atoms with Crippen molar-refractivity contribution in [3.8, 4) is 5.75 Å². The Morgan fingerprint density at radius 1 is 0.951 bits per heavy atom. The summed E-state index contributed by atoms with van der Waals surface area (Å²) in [6.07, 6.45) is -0.0605. The summed E-state index contributed by atoms with van der Waals surface area (Å²) in [5, 5.41) is 2.22. The fraction of sp³-hybridized carbons (Fsp3) is 0.314. The Morgan fingerprint density at radius 2 is 1.66 bits per heavy atom. The lowest BCUT2D eigenvalue weighted by Crippen LogP contribution is -2.45. The van der Waals surface area contributed by atoms with Crippen LogP contribution in [0.5, 0.6) is 5.75 Å². The zero-order valence-electron chi connectivity index (χ0n) is 24.3. The third-order valence-corrected chi connectivity index (χ3v) is 7.57. The van der Waals surface area contributed by atoms with Crippen LogP contribution in [0.4, 0.5) is 4.79 Å². The Labute approximate surface area is 241 Å². The van der Waals surface area contributed by atoms with Crippen LogP contribution in [0.25, 0.3) is 10.8 Å². The van der Waals surface area contributed by atoms with Crippen LogP contribution in [0, 0.1) is 0 Å². The first-order valence-electron chi connectivity index (χ1n) is 14.1. The van der Waals surface area contributed by atoms with E-state index in [1.54, 1.807) is 11.0 Å². The van der Waals surface area contributed by atoms with Gasteiger partial charge in [0.1, 0.15) is 17.5 Å². The van der Waals surface area contributed by atoms with Crippen molar-refractivity contribution in [1.29, 1.82) is 0 Å². The fourth-order valence-corrected chi connectivity index (χ4v) is 5.63. The number of fused-ring (bicyclic) bond motifs is 2. The molecule has 1 heterocycles. The largest absolute Gasteiger partial charge is 0.488 e. The quantitative estimate of drug-likeness (QED) is 0.228. The fourth-order valence-electron chi connectivity index (χ4n) is 5.63. The lowest BCUT2D eigenvalue weighted by atomic mass is 9.83. The van der Waals surface area contributed by atoms with Gasteiger partial charge in [0.25, 0.3) is 0 Å². The average Bonchev–Trinajstić information content (AvgIpc) is 2.97. The highest BCUT2D eigenvalue weighted by Gasteiger charge is 2.35. The van der Waals surface area contributed by atoms with Crippen molar-refractivity contribution in [1.82, 2.24) is 4.90 Å². The van der Waals surface area contributed by atoms with E-state index < -0.39 is 5.60 Å². The van der Waals surface area contributed by atoms with E-state index in [2.05, 4.69) is 30.3 Å². The number of ether oxygens (including phenoxy) is 3. The van der Waals surface area contributed by atoms with E-state index >= 15 is 0 Å². The molecule has 6 nitrogen and oxygen atoms in total. The molecule has 1 amide bonds. The number of para-hydroxylation sites is 1. The number of benzene rings is 4. The van der Waals surface area contributed by atoms with E-state index in [0.29, 0.717) is 18.5 Å². The molecule has 1 aliphatic rings. The van der Waals surface area contributed by atoms with Crippen LogP contribution in [0.3, 0.4) is 0 Å². The van der Waals surface area contributed by atoms with Gasteiger partial charge in [-0.05, 0) is 74.2 Å². The highest BCUT2D eigenvalue weighted by molar-refractivity contribution is 5.89. The maximum absolute atomic E-state index is 13.7. The van der Waals surface area contributed by atoms with Gasteiger partial charge in [-0.1, -0.05) is 72.8 Å². The number of hydrogen-bond donors (Lipinski definition) is 0. The van der Waals surface area contributed by atoms with Gasteiger partial charge in [-0.2, -0.15) is 0 Å². The van der Waals surface area contributed by atoms with Crippen molar-refractivity contribution in [2.75, 3.05) is 13.7 Å². The molecule has 0 aromatic heterocycles. The Kier molecular flexibility index (Phi) is 8.02. The summed E-state index contributed by atoms with van der Waals surface area (Å²) in [5.74, 6) is 0.380. The normalized spacial score (nSPS) is 17.2. The van der Waals surface area contributed by atoms with Crippen LogP contribution in [-0.2, 0) is 9.47 Å². The minimum atomic E-state index is -0.648. The summed E-state index contributed by atoms with van der Waals surface area (Å²) in [4.78, 5) is 27.8. The van der Waals surface area contributed by atoms with Crippen LogP contribution in [-0.4, -0.2) is 42.3 Å². The topological polar surface area (TPSA) is 65.1 Å². The first-order chi connectivity index (χ1) is 19.6. The zero-order chi connectivity index (χ0) is 29.1. The molecular formula is C35H37NO5. The van der Waals surface area contributed by atoms with Crippen molar-refractivity contribution in [3.63, 3.8) is 0 Å². The lowest BCUT2D eigenvalue weighted by molar-refractivity contribution is 0.00569. The van der Waals surface area contributed by atoms with E-state index in [1.807, 2.05) is 82.3 Å². The molecule has 212 valence electrons. The molecule has 0 N–H and O–H groups in total. The van der Waals surface area contributed by atoms with Gasteiger partial charge >= 0.3 is 12.1 Å². The first-order valence-corrected chi connectivity index (χ1v) is 14.1.